The minimum atomic E-state index is 0.854. The van der Waals surface area contributed by atoms with Gasteiger partial charge in [-0.15, -0.1) is 0 Å². The molecule has 2 heterocycles. The first-order valence-electron chi connectivity index (χ1n) is 5.86. The molecule has 3 aromatic rings. The highest BCUT2D eigenvalue weighted by Gasteiger charge is 2.14. The van der Waals surface area contributed by atoms with E-state index in [-0.39, 0.29) is 0 Å². The van der Waals surface area contributed by atoms with Gasteiger partial charge in [0.05, 0.1) is 11.8 Å². The van der Waals surface area contributed by atoms with Crippen molar-refractivity contribution in [3.63, 3.8) is 0 Å². The number of hydrogen-bond donors (Lipinski definition) is 0. The Labute approximate surface area is 99.9 Å². The van der Waals surface area contributed by atoms with Gasteiger partial charge in [-0.2, -0.15) is 0 Å². The topological polar surface area (TPSA) is 26.3 Å². The molecule has 0 saturated heterocycles. The first-order chi connectivity index (χ1) is 8.31. The molecular weight excluding hydrogens is 212 g/mol. The van der Waals surface area contributed by atoms with Crippen LogP contribution < -0.4 is 0 Å². The SMILES string of the molecule is CCc1oc2c(-c3ccco3)cccc2c1C. The molecule has 0 N–H and O–H groups in total. The Hall–Kier alpha value is -1.96. The Morgan fingerprint density at radius 2 is 2.00 bits per heavy atom. The average molecular weight is 226 g/mol. The standard InChI is InChI=1S/C15H14O2/c1-3-13-10(2)11-6-4-7-12(15(11)17-13)14-8-5-9-16-14/h4-9H,3H2,1-2H3. The van der Waals surface area contributed by atoms with E-state index in [1.165, 1.54) is 10.9 Å². The molecule has 0 aliphatic rings. The molecule has 0 atom stereocenters. The molecule has 0 radical (unpaired) electrons. The molecule has 0 fully saturated rings. The fourth-order valence-electron chi connectivity index (χ4n) is 2.26. The largest absolute Gasteiger partial charge is 0.464 e. The summed E-state index contributed by atoms with van der Waals surface area (Å²) in [6.45, 7) is 4.22. The van der Waals surface area contributed by atoms with Crippen LogP contribution in [0, 0.1) is 6.92 Å². The molecule has 1 aromatic carbocycles. The van der Waals surface area contributed by atoms with Crippen LogP contribution in [0.3, 0.4) is 0 Å². The van der Waals surface area contributed by atoms with Crippen LogP contribution in [0.15, 0.2) is 45.4 Å². The molecule has 17 heavy (non-hydrogen) atoms. The quantitative estimate of drug-likeness (QED) is 0.640. The van der Waals surface area contributed by atoms with E-state index in [2.05, 4.69) is 19.9 Å². The number of rotatable bonds is 2. The molecule has 2 nitrogen and oxygen atoms in total. The van der Waals surface area contributed by atoms with Crippen LogP contribution in [0.5, 0.6) is 0 Å². The van der Waals surface area contributed by atoms with Crippen LogP contribution in [0.25, 0.3) is 22.3 Å². The zero-order valence-corrected chi connectivity index (χ0v) is 9.99. The average Bonchev–Trinajstić information content (AvgIpc) is 2.97. The number of furan rings is 2. The molecule has 0 spiro atoms. The van der Waals surface area contributed by atoms with Crippen molar-refractivity contribution in [3.8, 4) is 11.3 Å². The summed E-state index contributed by atoms with van der Waals surface area (Å²) in [4.78, 5) is 0. The lowest BCUT2D eigenvalue weighted by Crippen LogP contribution is -1.77. The Morgan fingerprint density at radius 1 is 1.12 bits per heavy atom. The van der Waals surface area contributed by atoms with Gasteiger partial charge in [-0.3, -0.25) is 0 Å². The van der Waals surface area contributed by atoms with Crippen molar-refractivity contribution < 1.29 is 8.83 Å². The molecule has 0 saturated carbocycles. The third-order valence-corrected chi connectivity index (χ3v) is 3.17. The summed E-state index contributed by atoms with van der Waals surface area (Å²) < 4.78 is 11.4. The van der Waals surface area contributed by atoms with Gasteiger partial charge in [0.25, 0.3) is 0 Å². The highest BCUT2D eigenvalue weighted by molar-refractivity contribution is 5.93. The van der Waals surface area contributed by atoms with Crippen molar-refractivity contribution in [2.45, 2.75) is 20.3 Å². The van der Waals surface area contributed by atoms with Crippen LogP contribution in [0.1, 0.15) is 18.2 Å². The Bertz CT molecular complexity index is 645. The molecule has 0 aliphatic carbocycles. The smallest absolute Gasteiger partial charge is 0.145 e. The normalized spacial score (nSPS) is 11.2. The van der Waals surface area contributed by atoms with E-state index >= 15 is 0 Å². The summed E-state index contributed by atoms with van der Waals surface area (Å²) in [6, 6.07) is 10.0. The van der Waals surface area contributed by atoms with Crippen molar-refractivity contribution in [2.75, 3.05) is 0 Å². The number of aryl methyl sites for hydroxylation is 2. The van der Waals surface area contributed by atoms with E-state index in [1.807, 2.05) is 24.3 Å². The second-order valence-corrected chi connectivity index (χ2v) is 4.16. The van der Waals surface area contributed by atoms with Gasteiger partial charge in [-0.25, -0.2) is 0 Å². The van der Waals surface area contributed by atoms with Gasteiger partial charge >= 0.3 is 0 Å². The van der Waals surface area contributed by atoms with Crippen molar-refractivity contribution in [3.05, 3.63) is 47.9 Å². The third kappa shape index (κ3) is 1.48. The number of hydrogen-bond acceptors (Lipinski definition) is 2. The van der Waals surface area contributed by atoms with Crippen molar-refractivity contribution in [1.29, 1.82) is 0 Å². The first-order valence-corrected chi connectivity index (χ1v) is 5.86. The van der Waals surface area contributed by atoms with Crippen LogP contribution in [-0.4, -0.2) is 0 Å². The molecule has 3 rings (SSSR count). The Morgan fingerprint density at radius 3 is 2.71 bits per heavy atom. The zero-order valence-electron chi connectivity index (χ0n) is 9.99. The van der Waals surface area contributed by atoms with Gasteiger partial charge in [-0.1, -0.05) is 19.1 Å². The maximum atomic E-state index is 5.94. The van der Waals surface area contributed by atoms with Gasteiger partial charge in [0.1, 0.15) is 17.1 Å². The number of benzene rings is 1. The fraction of sp³-hybridized carbons (Fsp3) is 0.200. The predicted molar refractivity (Wildman–Crippen MR) is 68.0 cm³/mol. The summed E-state index contributed by atoms with van der Waals surface area (Å²) in [5.74, 6) is 1.91. The molecular formula is C15H14O2. The predicted octanol–water partition coefficient (Wildman–Crippen LogP) is 4.56. The lowest BCUT2D eigenvalue weighted by Gasteiger charge is -1.97. The van der Waals surface area contributed by atoms with E-state index in [9.17, 15) is 0 Å². The maximum absolute atomic E-state index is 5.94. The highest BCUT2D eigenvalue weighted by atomic mass is 16.3. The first kappa shape index (κ1) is 10.2. The monoisotopic (exact) mass is 226 g/mol. The Balaban J connectivity index is 2.33. The van der Waals surface area contributed by atoms with Crippen molar-refractivity contribution in [2.24, 2.45) is 0 Å². The van der Waals surface area contributed by atoms with E-state index < -0.39 is 0 Å². The van der Waals surface area contributed by atoms with Crippen molar-refractivity contribution in [1.82, 2.24) is 0 Å². The third-order valence-electron chi connectivity index (χ3n) is 3.17. The lowest BCUT2D eigenvalue weighted by molar-refractivity contribution is 0.549. The van der Waals surface area contributed by atoms with Crippen LogP contribution in [-0.2, 0) is 6.42 Å². The fourth-order valence-corrected chi connectivity index (χ4v) is 2.26. The van der Waals surface area contributed by atoms with Gasteiger partial charge in [0, 0.05) is 11.8 Å². The zero-order chi connectivity index (χ0) is 11.8. The molecule has 2 heteroatoms. The molecule has 0 unspecified atom stereocenters. The maximum Gasteiger partial charge on any atom is 0.145 e. The van der Waals surface area contributed by atoms with Crippen LogP contribution in [0.4, 0.5) is 0 Å². The van der Waals surface area contributed by atoms with E-state index in [0.717, 1.165) is 29.1 Å². The van der Waals surface area contributed by atoms with Gasteiger partial charge < -0.3 is 8.83 Å². The van der Waals surface area contributed by atoms with Gasteiger partial charge in [-0.05, 0) is 30.7 Å². The van der Waals surface area contributed by atoms with E-state index in [1.54, 1.807) is 6.26 Å². The lowest BCUT2D eigenvalue weighted by atomic mass is 10.1. The molecule has 0 amide bonds. The second-order valence-electron chi connectivity index (χ2n) is 4.16. The van der Waals surface area contributed by atoms with Crippen LogP contribution >= 0.6 is 0 Å². The minimum Gasteiger partial charge on any atom is -0.464 e. The second kappa shape index (κ2) is 3.81. The minimum absolute atomic E-state index is 0.854. The molecule has 0 bridgehead atoms. The summed E-state index contributed by atoms with van der Waals surface area (Å²) in [5, 5.41) is 1.18. The van der Waals surface area contributed by atoms with Gasteiger partial charge in [0.2, 0.25) is 0 Å². The Kier molecular flexibility index (Phi) is 2.29. The number of fused-ring (bicyclic) bond motifs is 1. The highest BCUT2D eigenvalue weighted by Crippen LogP contribution is 2.34. The van der Waals surface area contributed by atoms with Gasteiger partial charge in [0.15, 0.2) is 0 Å². The number of para-hydroxylation sites is 1. The molecule has 0 aliphatic heterocycles. The molecule has 86 valence electrons. The van der Waals surface area contributed by atoms with E-state index in [0.29, 0.717) is 0 Å². The van der Waals surface area contributed by atoms with E-state index in [4.69, 9.17) is 8.83 Å². The summed E-state index contributed by atoms with van der Waals surface area (Å²) in [6.07, 6.45) is 2.60. The summed E-state index contributed by atoms with van der Waals surface area (Å²) in [7, 11) is 0. The van der Waals surface area contributed by atoms with Crippen molar-refractivity contribution >= 4 is 11.0 Å². The molecule has 2 aromatic heterocycles. The summed E-state index contributed by atoms with van der Waals surface area (Å²) in [5.41, 5.74) is 3.18. The van der Waals surface area contributed by atoms with Crippen LogP contribution in [0.2, 0.25) is 0 Å². The summed E-state index contributed by atoms with van der Waals surface area (Å²) >= 11 is 0.